The number of benzene rings is 3. The quantitative estimate of drug-likeness (QED) is 0.390. The van der Waals surface area contributed by atoms with E-state index in [1.165, 1.54) is 12.5 Å². The van der Waals surface area contributed by atoms with Gasteiger partial charge in [-0.25, -0.2) is 0 Å². The van der Waals surface area contributed by atoms with E-state index in [0.29, 0.717) is 0 Å². The molecule has 0 spiro atoms. The molecule has 3 aromatic rings. The zero-order chi connectivity index (χ0) is 19.8. The van der Waals surface area contributed by atoms with Gasteiger partial charge < -0.3 is 4.74 Å². The molecular formula is C26H24O2. The summed E-state index contributed by atoms with van der Waals surface area (Å²) < 4.78 is 5.32. The van der Waals surface area contributed by atoms with Gasteiger partial charge in [-0.05, 0) is 46.9 Å². The minimum Gasteiger partial charge on any atom is -0.461 e. The molecule has 0 aromatic heterocycles. The van der Waals surface area contributed by atoms with Crippen LogP contribution in [0.5, 0.6) is 0 Å². The standard InChI is InChI=1S/C26H24O2/c1-20-13-15-22(16-14-20)17-23(19-28-21(2)27)18-26(24-9-5-3-6-10-24)25-11-7-4-8-12-25/h3-18H,19H2,1-2H3/b23-17+. The molecule has 28 heavy (non-hydrogen) atoms. The lowest BCUT2D eigenvalue weighted by atomic mass is 9.95. The van der Waals surface area contributed by atoms with Crippen molar-refractivity contribution in [3.05, 3.63) is 119 Å². The first-order valence-electron chi connectivity index (χ1n) is 9.35. The number of aryl methyl sites for hydroxylation is 1. The highest BCUT2D eigenvalue weighted by Gasteiger charge is 2.07. The van der Waals surface area contributed by atoms with Crippen LogP contribution in [0.3, 0.4) is 0 Å². The summed E-state index contributed by atoms with van der Waals surface area (Å²) in [6, 6.07) is 28.8. The van der Waals surface area contributed by atoms with Gasteiger partial charge in [-0.3, -0.25) is 4.79 Å². The van der Waals surface area contributed by atoms with Crippen LogP contribution >= 0.6 is 0 Å². The number of hydrogen-bond acceptors (Lipinski definition) is 2. The maximum atomic E-state index is 11.4. The van der Waals surface area contributed by atoms with Crippen molar-refractivity contribution >= 4 is 17.6 Å². The maximum Gasteiger partial charge on any atom is 0.302 e. The topological polar surface area (TPSA) is 26.3 Å². The molecule has 3 aromatic carbocycles. The van der Waals surface area contributed by atoms with Crippen LogP contribution in [0.25, 0.3) is 11.6 Å². The third kappa shape index (κ3) is 5.55. The highest BCUT2D eigenvalue weighted by atomic mass is 16.5. The molecule has 0 heterocycles. The lowest BCUT2D eigenvalue weighted by Crippen LogP contribution is -2.03. The first-order chi connectivity index (χ1) is 13.6. The van der Waals surface area contributed by atoms with Crippen molar-refractivity contribution in [1.82, 2.24) is 0 Å². The fraction of sp³-hybridized carbons (Fsp3) is 0.115. The molecule has 2 heteroatoms. The van der Waals surface area contributed by atoms with E-state index in [-0.39, 0.29) is 12.6 Å². The van der Waals surface area contributed by atoms with Crippen molar-refractivity contribution in [2.75, 3.05) is 6.61 Å². The second-order valence-electron chi connectivity index (χ2n) is 6.70. The van der Waals surface area contributed by atoms with E-state index in [1.807, 2.05) is 36.4 Å². The first kappa shape index (κ1) is 19.4. The van der Waals surface area contributed by atoms with Gasteiger partial charge in [-0.2, -0.15) is 0 Å². The molecule has 0 N–H and O–H groups in total. The van der Waals surface area contributed by atoms with E-state index < -0.39 is 0 Å². The summed E-state index contributed by atoms with van der Waals surface area (Å²) in [5.74, 6) is -0.288. The third-order valence-electron chi connectivity index (χ3n) is 4.37. The van der Waals surface area contributed by atoms with Gasteiger partial charge >= 0.3 is 5.97 Å². The van der Waals surface area contributed by atoms with Gasteiger partial charge in [-0.15, -0.1) is 0 Å². The van der Waals surface area contributed by atoms with Crippen LogP contribution in [0, 0.1) is 6.92 Å². The van der Waals surface area contributed by atoms with Crippen molar-refractivity contribution in [3.8, 4) is 0 Å². The first-order valence-corrected chi connectivity index (χ1v) is 9.35. The second kappa shape index (κ2) is 9.52. The Hall–Kier alpha value is -3.39. The molecule has 0 bridgehead atoms. The maximum absolute atomic E-state index is 11.4. The van der Waals surface area contributed by atoms with Crippen molar-refractivity contribution in [2.24, 2.45) is 0 Å². The normalized spacial score (nSPS) is 11.0. The Labute approximate surface area is 166 Å². The smallest absolute Gasteiger partial charge is 0.302 e. The summed E-state index contributed by atoms with van der Waals surface area (Å²) in [6.45, 7) is 3.73. The Kier molecular flexibility index (Phi) is 6.59. The van der Waals surface area contributed by atoms with Crippen LogP contribution in [-0.4, -0.2) is 12.6 Å². The monoisotopic (exact) mass is 368 g/mol. The van der Waals surface area contributed by atoms with Gasteiger partial charge in [0.25, 0.3) is 0 Å². The summed E-state index contributed by atoms with van der Waals surface area (Å²) in [5, 5.41) is 0. The lowest BCUT2D eigenvalue weighted by Gasteiger charge is -2.11. The number of esters is 1. The zero-order valence-electron chi connectivity index (χ0n) is 16.3. The Morgan fingerprint density at radius 1 is 0.821 bits per heavy atom. The minimum atomic E-state index is -0.288. The fourth-order valence-corrected chi connectivity index (χ4v) is 2.94. The Morgan fingerprint density at radius 2 is 1.36 bits per heavy atom. The molecule has 0 saturated carbocycles. The largest absolute Gasteiger partial charge is 0.461 e. The Morgan fingerprint density at radius 3 is 1.86 bits per heavy atom. The van der Waals surface area contributed by atoms with E-state index in [2.05, 4.69) is 67.6 Å². The predicted molar refractivity (Wildman–Crippen MR) is 116 cm³/mol. The molecule has 0 aliphatic heterocycles. The van der Waals surface area contributed by atoms with Gasteiger partial charge in [0.1, 0.15) is 6.61 Å². The molecule has 0 unspecified atom stereocenters. The molecule has 0 fully saturated rings. The molecule has 0 amide bonds. The van der Waals surface area contributed by atoms with Gasteiger partial charge in [0.05, 0.1) is 0 Å². The molecule has 0 aliphatic rings. The summed E-state index contributed by atoms with van der Waals surface area (Å²) in [7, 11) is 0. The van der Waals surface area contributed by atoms with E-state index in [0.717, 1.165) is 27.8 Å². The molecule has 0 saturated heterocycles. The number of rotatable bonds is 6. The van der Waals surface area contributed by atoms with E-state index in [1.54, 1.807) is 0 Å². The van der Waals surface area contributed by atoms with Crippen LogP contribution in [0.15, 0.2) is 96.6 Å². The third-order valence-corrected chi connectivity index (χ3v) is 4.37. The second-order valence-corrected chi connectivity index (χ2v) is 6.70. The number of ether oxygens (including phenoxy) is 1. The number of hydrogen-bond donors (Lipinski definition) is 0. The molecular weight excluding hydrogens is 344 g/mol. The molecule has 3 rings (SSSR count). The van der Waals surface area contributed by atoms with E-state index in [9.17, 15) is 4.79 Å². The van der Waals surface area contributed by atoms with Crippen LogP contribution in [0.4, 0.5) is 0 Å². The SMILES string of the molecule is CC(=O)OC/C(C=C(c1ccccc1)c1ccccc1)=C/c1ccc(C)cc1. The van der Waals surface area contributed by atoms with Crippen LogP contribution in [-0.2, 0) is 9.53 Å². The highest BCUT2D eigenvalue weighted by molar-refractivity contribution is 5.82. The molecule has 140 valence electrons. The van der Waals surface area contributed by atoms with Crippen LogP contribution in [0.2, 0.25) is 0 Å². The van der Waals surface area contributed by atoms with Crippen molar-refractivity contribution in [1.29, 1.82) is 0 Å². The van der Waals surface area contributed by atoms with Crippen LogP contribution in [0.1, 0.15) is 29.2 Å². The van der Waals surface area contributed by atoms with Crippen LogP contribution < -0.4 is 0 Å². The molecule has 0 radical (unpaired) electrons. The van der Waals surface area contributed by atoms with Gasteiger partial charge in [0, 0.05) is 6.92 Å². The summed E-state index contributed by atoms with van der Waals surface area (Å²) in [5.41, 5.74) is 6.54. The Bertz CT molecular complexity index is 924. The lowest BCUT2D eigenvalue weighted by molar-refractivity contribution is -0.139. The highest BCUT2D eigenvalue weighted by Crippen LogP contribution is 2.25. The summed E-state index contributed by atoms with van der Waals surface area (Å²) in [6.07, 6.45) is 4.17. The minimum absolute atomic E-state index is 0.229. The van der Waals surface area contributed by atoms with Gasteiger partial charge in [-0.1, -0.05) is 90.5 Å². The number of carbonyl (C=O) groups is 1. The Balaban J connectivity index is 2.07. The van der Waals surface area contributed by atoms with Crippen molar-refractivity contribution in [2.45, 2.75) is 13.8 Å². The number of carbonyl (C=O) groups excluding carboxylic acids is 1. The molecule has 0 atom stereocenters. The average molecular weight is 368 g/mol. The van der Waals surface area contributed by atoms with Gasteiger partial charge in [0.2, 0.25) is 0 Å². The van der Waals surface area contributed by atoms with Crippen molar-refractivity contribution < 1.29 is 9.53 Å². The molecule has 0 aliphatic carbocycles. The van der Waals surface area contributed by atoms with E-state index >= 15 is 0 Å². The van der Waals surface area contributed by atoms with Crippen molar-refractivity contribution in [3.63, 3.8) is 0 Å². The van der Waals surface area contributed by atoms with Gasteiger partial charge in [0.15, 0.2) is 0 Å². The average Bonchev–Trinajstić information content (AvgIpc) is 2.72. The predicted octanol–water partition coefficient (Wildman–Crippen LogP) is 6.07. The zero-order valence-corrected chi connectivity index (χ0v) is 16.3. The molecule has 2 nitrogen and oxygen atoms in total. The summed E-state index contributed by atoms with van der Waals surface area (Å²) >= 11 is 0. The summed E-state index contributed by atoms with van der Waals surface area (Å²) in [4.78, 5) is 11.4. The fourth-order valence-electron chi connectivity index (χ4n) is 2.94. The van der Waals surface area contributed by atoms with E-state index in [4.69, 9.17) is 4.74 Å².